The molecule has 1 N–H and O–H groups in total. The maximum atomic E-state index is 3.64. The Kier molecular flexibility index (Phi) is 3.67. The highest BCUT2D eigenvalue weighted by Crippen LogP contribution is 2.26. The van der Waals surface area contributed by atoms with Crippen molar-refractivity contribution >= 4 is 0 Å². The first-order valence-electron chi connectivity index (χ1n) is 7.39. The first kappa shape index (κ1) is 12.2. The Hall–Kier alpha value is -0.860. The van der Waals surface area contributed by atoms with Crippen molar-refractivity contribution in [2.45, 2.75) is 38.8 Å². The summed E-state index contributed by atoms with van der Waals surface area (Å²) in [7, 11) is 0. The average molecular weight is 244 g/mol. The van der Waals surface area contributed by atoms with Crippen LogP contribution in [0.2, 0.25) is 0 Å². The monoisotopic (exact) mass is 244 g/mol. The van der Waals surface area contributed by atoms with Crippen LogP contribution in [-0.4, -0.2) is 30.6 Å². The molecule has 2 nitrogen and oxygen atoms in total. The van der Waals surface area contributed by atoms with Crippen LogP contribution >= 0.6 is 0 Å². The predicted molar refractivity (Wildman–Crippen MR) is 75.6 cm³/mol. The van der Waals surface area contributed by atoms with E-state index in [1.165, 1.54) is 43.6 Å². The van der Waals surface area contributed by atoms with Crippen molar-refractivity contribution in [2.24, 2.45) is 5.92 Å². The number of hydrogen-bond donors (Lipinski definition) is 1. The molecule has 2 heteroatoms. The van der Waals surface area contributed by atoms with Gasteiger partial charge < -0.3 is 5.32 Å². The second-order valence-corrected chi connectivity index (χ2v) is 5.76. The molecular formula is C16H24N2. The molecule has 18 heavy (non-hydrogen) atoms. The molecule has 3 rings (SSSR count). The van der Waals surface area contributed by atoms with Gasteiger partial charge in [-0.25, -0.2) is 0 Å². The molecule has 2 atom stereocenters. The number of rotatable bonds is 3. The Morgan fingerprint density at radius 2 is 2.06 bits per heavy atom. The van der Waals surface area contributed by atoms with Gasteiger partial charge in [0.25, 0.3) is 0 Å². The van der Waals surface area contributed by atoms with E-state index in [9.17, 15) is 0 Å². The largest absolute Gasteiger partial charge is 0.314 e. The topological polar surface area (TPSA) is 15.3 Å². The highest BCUT2D eigenvalue weighted by molar-refractivity contribution is 5.27. The van der Waals surface area contributed by atoms with Crippen molar-refractivity contribution in [3.05, 3.63) is 35.4 Å². The molecule has 0 aromatic heterocycles. The molecule has 0 aliphatic carbocycles. The number of likely N-dealkylation sites (tertiary alicyclic amines) is 1. The third-order valence-corrected chi connectivity index (χ3v) is 4.63. The summed E-state index contributed by atoms with van der Waals surface area (Å²) in [6, 6.07) is 9.73. The lowest BCUT2D eigenvalue weighted by Gasteiger charge is -2.35. The molecule has 1 aromatic rings. The number of hydrogen-bond acceptors (Lipinski definition) is 2. The van der Waals surface area contributed by atoms with Gasteiger partial charge in [-0.3, -0.25) is 4.90 Å². The highest BCUT2D eigenvalue weighted by atomic mass is 15.2. The number of benzene rings is 1. The van der Waals surface area contributed by atoms with Crippen LogP contribution in [-0.2, 0) is 13.0 Å². The van der Waals surface area contributed by atoms with Crippen molar-refractivity contribution in [3.8, 4) is 0 Å². The normalized spacial score (nSPS) is 28.3. The number of nitrogens with one attached hydrogen (secondary N) is 1. The predicted octanol–water partition coefficient (Wildman–Crippen LogP) is 2.43. The van der Waals surface area contributed by atoms with E-state index in [-0.39, 0.29) is 0 Å². The minimum atomic E-state index is 0.808. The summed E-state index contributed by atoms with van der Waals surface area (Å²) < 4.78 is 0. The van der Waals surface area contributed by atoms with E-state index in [0.717, 1.165) is 24.9 Å². The van der Waals surface area contributed by atoms with Crippen LogP contribution in [0.5, 0.6) is 0 Å². The lowest BCUT2D eigenvalue weighted by Crippen LogP contribution is -2.44. The molecule has 0 saturated carbocycles. The minimum Gasteiger partial charge on any atom is -0.314 e. The first-order valence-corrected chi connectivity index (χ1v) is 7.39. The van der Waals surface area contributed by atoms with Crippen LogP contribution in [0.15, 0.2) is 24.3 Å². The second-order valence-electron chi connectivity index (χ2n) is 5.76. The van der Waals surface area contributed by atoms with E-state index in [4.69, 9.17) is 0 Å². The minimum absolute atomic E-state index is 0.808. The van der Waals surface area contributed by atoms with Crippen LogP contribution in [0.3, 0.4) is 0 Å². The SMILES string of the molecule is CCc1ccccc1CN1CCC2NCCC2C1. The van der Waals surface area contributed by atoms with Gasteiger partial charge in [0.2, 0.25) is 0 Å². The van der Waals surface area contributed by atoms with Crippen molar-refractivity contribution in [3.63, 3.8) is 0 Å². The molecule has 98 valence electrons. The van der Waals surface area contributed by atoms with Gasteiger partial charge in [-0.15, -0.1) is 0 Å². The van der Waals surface area contributed by atoms with E-state index >= 15 is 0 Å². The fourth-order valence-corrected chi connectivity index (χ4v) is 3.56. The first-order chi connectivity index (χ1) is 8.86. The summed E-state index contributed by atoms with van der Waals surface area (Å²) in [6.07, 6.45) is 3.85. The number of piperidine rings is 1. The zero-order valence-electron chi connectivity index (χ0n) is 11.4. The Morgan fingerprint density at radius 1 is 1.22 bits per heavy atom. The number of nitrogens with zero attached hydrogens (tertiary/aromatic N) is 1. The van der Waals surface area contributed by atoms with Crippen LogP contribution in [0, 0.1) is 5.92 Å². The summed E-state index contributed by atoms with van der Waals surface area (Å²) in [5.74, 6) is 0.896. The van der Waals surface area contributed by atoms with Gasteiger partial charge in [-0.05, 0) is 49.4 Å². The average Bonchev–Trinajstić information content (AvgIpc) is 2.87. The summed E-state index contributed by atoms with van der Waals surface area (Å²) in [5, 5.41) is 3.64. The highest BCUT2D eigenvalue weighted by Gasteiger charge is 2.32. The standard InChI is InChI=1S/C16H24N2/c1-2-13-5-3-4-6-14(13)11-18-10-8-16-15(12-18)7-9-17-16/h3-6,15-17H,2,7-12H2,1H3. The van der Waals surface area contributed by atoms with E-state index < -0.39 is 0 Å². The van der Waals surface area contributed by atoms with Gasteiger partial charge in [0, 0.05) is 19.1 Å². The van der Waals surface area contributed by atoms with Crippen LogP contribution in [0.1, 0.15) is 30.9 Å². The quantitative estimate of drug-likeness (QED) is 0.878. The molecule has 2 unspecified atom stereocenters. The number of aryl methyl sites for hydroxylation is 1. The molecule has 0 bridgehead atoms. The molecule has 2 aliphatic heterocycles. The molecule has 2 heterocycles. The Morgan fingerprint density at radius 3 is 2.89 bits per heavy atom. The van der Waals surface area contributed by atoms with Gasteiger partial charge in [-0.2, -0.15) is 0 Å². The summed E-state index contributed by atoms with van der Waals surface area (Å²) in [6.45, 7) is 7.18. The lowest BCUT2D eigenvalue weighted by atomic mass is 9.92. The van der Waals surface area contributed by atoms with E-state index in [0.29, 0.717) is 0 Å². The Balaban J connectivity index is 1.66. The molecule has 0 radical (unpaired) electrons. The third-order valence-electron chi connectivity index (χ3n) is 4.63. The van der Waals surface area contributed by atoms with Crippen molar-refractivity contribution < 1.29 is 0 Å². The molecule has 2 aliphatic rings. The molecule has 2 fully saturated rings. The lowest BCUT2D eigenvalue weighted by molar-refractivity contribution is 0.155. The zero-order chi connectivity index (χ0) is 12.4. The van der Waals surface area contributed by atoms with Gasteiger partial charge in [-0.1, -0.05) is 31.2 Å². The second kappa shape index (κ2) is 5.41. The van der Waals surface area contributed by atoms with Gasteiger partial charge >= 0.3 is 0 Å². The summed E-state index contributed by atoms with van der Waals surface area (Å²) in [4.78, 5) is 2.66. The van der Waals surface area contributed by atoms with Crippen molar-refractivity contribution in [1.29, 1.82) is 0 Å². The van der Waals surface area contributed by atoms with E-state index in [2.05, 4.69) is 41.4 Å². The fraction of sp³-hybridized carbons (Fsp3) is 0.625. The van der Waals surface area contributed by atoms with Crippen LogP contribution in [0.4, 0.5) is 0 Å². The molecule has 1 aromatic carbocycles. The van der Waals surface area contributed by atoms with E-state index in [1.54, 1.807) is 0 Å². The smallest absolute Gasteiger partial charge is 0.0236 e. The third kappa shape index (κ3) is 2.45. The van der Waals surface area contributed by atoms with Crippen LogP contribution < -0.4 is 5.32 Å². The fourth-order valence-electron chi connectivity index (χ4n) is 3.56. The molecular weight excluding hydrogens is 220 g/mol. The van der Waals surface area contributed by atoms with E-state index in [1.807, 2.05) is 0 Å². The summed E-state index contributed by atoms with van der Waals surface area (Å²) >= 11 is 0. The Labute approximate surface area is 110 Å². The van der Waals surface area contributed by atoms with Crippen molar-refractivity contribution in [2.75, 3.05) is 19.6 Å². The number of fused-ring (bicyclic) bond motifs is 1. The molecule has 0 amide bonds. The molecule has 2 saturated heterocycles. The van der Waals surface area contributed by atoms with Gasteiger partial charge in [0.05, 0.1) is 0 Å². The van der Waals surface area contributed by atoms with Gasteiger partial charge in [0.1, 0.15) is 0 Å². The Bertz CT molecular complexity index is 402. The maximum absolute atomic E-state index is 3.64. The molecule has 0 spiro atoms. The zero-order valence-corrected chi connectivity index (χ0v) is 11.4. The maximum Gasteiger partial charge on any atom is 0.0236 e. The summed E-state index contributed by atoms with van der Waals surface area (Å²) in [5.41, 5.74) is 3.05. The van der Waals surface area contributed by atoms with Crippen molar-refractivity contribution in [1.82, 2.24) is 10.2 Å². The van der Waals surface area contributed by atoms with Crippen LogP contribution in [0.25, 0.3) is 0 Å². The van der Waals surface area contributed by atoms with Gasteiger partial charge in [0.15, 0.2) is 0 Å².